The van der Waals surface area contributed by atoms with Gasteiger partial charge in [0.1, 0.15) is 0 Å². The van der Waals surface area contributed by atoms with Crippen LogP contribution in [-0.4, -0.2) is 0 Å². The molecule has 0 aromatic heterocycles. The summed E-state index contributed by atoms with van der Waals surface area (Å²) in [5.74, 6) is 0. The molecular weight excluding hydrogens is 96.1 g/mol. The van der Waals surface area contributed by atoms with Gasteiger partial charge in [0.05, 0.1) is 0 Å². The van der Waals surface area contributed by atoms with Crippen molar-refractivity contribution in [2.45, 2.75) is 39.5 Å². The molecule has 0 radical (unpaired) electrons. The Balaban J connectivity index is 3.06. The molecule has 0 bridgehead atoms. The lowest BCUT2D eigenvalue weighted by Crippen LogP contribution is -1.77. The molecule has 0 heteroatoms. The van der Waals surface area contributed by atoms with Crippen LogP contribution in [0.1, 0.15) is 39.5 Å². The van der Waals surface area contributed by atoms with Crippen molar-refractivity contribution in [2.75, 3.05) is 0 Å². The largest absolute Gasteiger partial charge is 0.0999 e. The summed E-state index contributed by atoms with van der Waals surface area (Å²) in [4.78, 5) is 0. The number of hydrogen-bond acceptors (Lipinski definition) is 0. The Bertz CT molecular complexity index is 54.4. The molecule has 0 aliphatic rings. The normalized spacial score (nSPS) is 9.25. The van der Waals surface area contributed by atoms with Crippen LogP contribution in [0.5, 0.6) is 0 Å². The topological polar surface area (TPSA) is 0 Å². The zero-order valence-electron chi connectivity index (χ0n) is 6.04. The average molecular weight is 112 g/mol. The van der Waals surface area contributed by atoms with Crippen LogP contribution in [0.3, 0.4) is 0 Å². The van der Waals surface area contributed by atoms with E-state index in [0.717, 1.165) is 0 Å². The van der Waals surface area contributed by atoms with Crippen LogP contribution < -0.4 is 0 Å². The van der Waals surface area contributed by atoms with Gasteiger partial charge in [-0.3, -0.25) is 0 Å². The van der Waals surface area contributed by atoms with E-state index in [0.29, 0.717) is 0 Å². The standard InChI is InChI=1S/C8H16/c1-4-6-8(3)7-5-2/h3-7H2,1-2H3. The zero-order valence-corrected chi connectivity index (χ0v) is 6.04. The van der Waals surface area contributed by atoms with E-state index in [4.69, 9.17) is 0 Å². The first-order valence-electron chi connectivity index (χ1n) is 3.47. The maximum Gasteiger partial charge on any atom is -0.0326 e. The first-order chi connectivity index (χ1) is 3.81. The third kappa shape index (κ3) is 3.91. The summed E-state index contributed by atoms with van der Waals surface area (Å²) in [6.07, 6.45) is 4.93. The highest BCUT2D eigenvalue weighted by atomic mass is 13.9. The zero-order chi connectivity index (χ0) is 6.41. The fourth-order valence-corrected chi connectivity index (χ4v) is 0.832. The molecule has 0 nitrogen and oxygen atoms in total. The van der Waals surface area contributed by atoms with Crippen LogP contribution >= 0.6 is 0 Å². The fourth-order valence-electron chi connectivity index (χ4n) is 0.832. The van der Waals surface area contributed by atoms with Gasteiger partial charge in [-0.25, -0.2) is 0 Å². The number of hydrogen-bond donors (Lipinski definition) is 0. The van der Waals surface area contributed by atoms with Crippen molar-refractivity contribution in [1.29, 1.82) is 0 Å². The van der Waals surface area contributed by atoms with E-state index in [1.54, 1.807) is 0 Å². The van der Waals surface area contributed by atoms with Gasteiger partial charge in [0.2, 0.25) is 0 Å². The van der Waals surface area contributed by atoms with Gasteiger partial charge in [-0.1, -0.05) is 38.8 Å². The maximum atomic E-state index is 3.93. The molecule has 0 saturated carbocycles. The van der Waals surface area contributed by atoms with Gasteiger partial charge in [-0.05, 0) is 12.8 Å². The van der Waals surface area contributed by atoms with E-state index < -0.39 is 0 Å². The van der Waals surface area contributed by atoms with Crippen LogP contribution in [0.15, 0.2) is 12.2 Å². The molecule has 0 rings (SSSR count). The lowest BCUT2D eigenvalue weighted by atomic mass is 10.1. The molecule has 0 saturated heterocycles. The molecule has 0 heterocycles. The number of rotatable bonds is 4. The van der Waals surface area contributed by atoms with E-state index in [2.05, 4.69) is 20.4 Å². The van der Waals surface area contributed by atoms with Gasteiger partial charge in [0, 0.05) is 0 Å². The molecule has 0 aromatic rings. The minimum absolute atomic E-state index is 1.22. The van der Waals surface area contributed by atoms with E-state index in [1.165, 1.54) is 31.3 Å². The molecule has 0 N–H and O–H groups in total. The van der Waals surface area contributed by atoms with Gasteiger partial charge >= 0.3 is 0 Å². The Labute approximate surface area is 52.6 Å². The van der Waals surface area contributed by atoms with Crippen molar-refractivity contribution in [1.82, 2.24) is 0 Å². The third-order valence-corrected chi connectivity index (χ3v) is 1.21. The Morgan fingerprint density at radius 3 is 1.75 bits per heavy atom. The quantitative estimate of drug-likeness (QED) is 0.490. The van der Waals surface area contributed by atoms with Crippen LogP contribution in [0.2, 0.25) is 0 Å². The molecule has 0 spiro atoms. The third-order valence-electron chi connectivity index (χ3n) is 1.21. The van der Waals surface area contributed by atoms with E-state index in [1.807, 2.05) is 0 Å². The Kier molecular flexibility index (Phi) is 4.73. The Hall–Kier alpha value is -0.260. The molecule has 0 aliphatic carbocycles. The van der Waals surface area contributed by atoms with Gasteiger partial charge in [-0.2, -0.15) is 0 Å². The van der Waals surface area contributed by atoms with Crippen molar-refractivity contribution < 1.29 is 0 Å². The molecule has 0 aliphatic heterocycles. The smallest absolute Gasteiger partial charge is 0.0326 e. The fraction of sp³-hybridized carbons (Fsp3) is 0.750. The summed E-state index contributed by atoms with van der Waals surface area (Å²) in [6, 6.07) is 0. The monoisotopic (exact) mass is 112 g/mol. The molecule has 0 fully saturated rings. The highest BCUT2D eigenvalue weighted by molar-refractivity contribution is 4.92. The second kappa shape index (κ2) is 4.89. The van der Waals surface area contributed by atoms with Crippen LogP contribution in [0, 0.1) is 0 Å². The predicted molar refractivity (Wildman–Crippen MR) is 39.0 cm³/mol. The first kappa shape index (κ1) is 7.74. The average Bonchev–Trinajstić information content (AvgIpc) is 1.68. The summed E-state index contributed by atoms with van der Waals surface area (Å²) in [7, 11) is 0. The van der Waals surface area contributed by atoms with E-state index in [9.17, 15) is 0 Å². The first-order valence-corrected chi connectivity index (χ1v) is 3.47. The summed E-state index contributed by atoms with van der Waals surface area (Å²) >= 11 is 0. The Morgan fingerprint density at radius 1 is 1.12 bits per heavy atom. The second-order valence-corrected chi connectivity index (χ2v) is 2.25. The highest BCUT2D eigenvalue weighted by Gasteiger charge is 1.87. The molecule has 0 aromatic carbocycles. The lowest BCUT2D eigenvalue weighted by molar-refractivity contribution is 0.807. The molecular formula is C8H16. The van der Waals surface area contributed by atoms with Crippen molar-refractivity contribution in [3.8, 4) is 0 Å². The van der Waals surface area contributed by atoms with Crippen molar-refractivity contribution >= 4 is 0 Å². The van der Waals surface area contributed by atoms with Crippen LogP contribution in [0.4, 0.5) is 0 Å². The van der Waals surface area contributed by atoms with E-state index >= 15 is 0 Å². The summed E-state index contributed by atoms with van der Waals surface area (Å²) in [6.45, 7) is 8.32. The molecule has 8 heavy (non-hydrogen) atoms. The second-order valence-electron chi connectivity index (χ2n) is 2.25. The van der Waals surface area contributed by atoms with Crippen molar-refractivity contribution in [3.05, 3.63) is 12.2 Å². The molecule has 0 amide bonds. The predicted octanol–water partition coefficient (Wildman–Crippen LogP) is 3.14. The lowest BCUT2D eigenvalue weighted by Gasteiger charge is -1.97. The molecule has 48 valence electrons. The minimum atomic E-state index is 1.22. The summed E-state index contributed by atoms with van der Waals surface area (Å²) in [5, 5.41) is 0. The summed E-state index contributed by atoms with van der Waals surface area (Å²) < 4.78 is 0. The summed E-state index contributed by atoms with van der Waals surface area (Å²) in [5.41, 5.74) is 1.41. The van der Waals surface area contributed by atoms with Crippen molar-refractivity contribution in [2.24, 2.45) is 0 Å². The van der Waals surface area contributed by atoms with Gasteiger partial charge < -0.3 is 0 Å². The van der Waals surface area contributed by atoms with E-state index in [-0.39, 0.29) is 0 Å². The van der Waals surface area contributed by atoms with Gasteiger partial charge in [-0.15, -0.1) is 0 Å². The SMILES string of the molecule is C=C(CCC)CCC. The molecule has 0 unspecified atom stereocenters. The molecule has 0 atom stereocenters. The maximum absolute atomic E-state index is 3.93. The van der Waals surface area contributed by atoms with Crippen LogP contribution in [-0.2, 0) is 0 Å². The van der Waals surface area contributed by atoms with Crippen molar-refractivity contribution in [3.63, 3.8) is 0 Å². The highest BCUT2D eigenvalue weighted by Crippen LogP contribution is 2.07. The van der Waals surface area contributed by atoms with Gasteiger partial charge in [0.15, 0.2) is 0 Å². The minimum Gasteiger partial charge on any atom is -0.0999 e. The van der Waals surface area contributed by atoms with Crippen LogP contribution in [0.25, 0.3) is 0 Å². The van der Waals surface area contributed by atoms with Gasteiger partial charge in [0.25, 0.3) is 0 Å². The Morgan fingerprint density at radius 2 is 1.50 bits per heavy atom. The number of allylic oxidation sites excluding steroid dienone is 1.